The van der Waals surface area contributed by atoms with Gasteiger partial charge >= 0.3 is 11.9 Å². The van der Waals surface area contributed by atoms with Gasteiger partial charge in [-0.05, 0) is 34.1 Å². The van der Waals surface area contributed by atoms with Crippen molar-refractivity contribution in [1.29, 1.82) is 0 Å². The van der Waals surface area contributed by atoms with E-state index >= 15 is 0 Å². The third-order valence-electron chi connectivity index (χ3n) is 1.85. The minimum atomic E-state index is -1.12. The first-order chi connectivity index (χ1) is 7.31. The van der Waals surface area contributed by atoms with Crippen LogP contribution in [0.5, 0.6) is 0 Å². The molecule has 94 valence electrons. The number of ether oxygens (including phenoxy) is 2. The second kappa shape index (κ2) is 6.48. The quantitative estimate of drug-likeness (QED) is 0.544. The van der Waals surface area contributed by atoms with Crippen molar-refractivity contribution in [2.75, 3.05) is 13.2 Å². The molecular formula is C11H20O5. The summed E-state index contributed by atoms with van der Waals surface area (Å²) in [6, 6.07) is 0. The van der Waals surface area contributed by atoms with E-state index in [9.17, 15) is 14.7 Å². The molecular weight excluding hydrogens is 212 g/mol. The van der Waals surface area contributed by atoms with Gasteiger partial charge in [0.2, 0.25) is 0 Å². The van der Waals surface area contributed by atoms with Gasteiger partial charge in [-0.15, -0.1) is 0 Å². The first-order valence-electron chi connectivity index (χ1n) is 5.37. The smallest absolute Gasteiger partial charge is 0.320 e. The summed E-state index contributed by atoms with van der Waals surface area (Å²) in [5.74, 6) is -2.36. The third kappa shape index (κ3) is 5.70. The Hall–Kier alpha value is -1.10. The number of carbonyl (C=O) groups excluding carboxylic acids is 2. The van der Waals surface area contributed by atoms with Crippen molar-refractivity contribution in [1.82, 2.24) is 0 Å². The lowest BCUT2D eigenvalue weighted by atomic mass is 9.93. The van der Waals surface area contributed by atoms with Crippen LogP contribution in [0.4, 0.5) is 0 Å². The zero-order valence-corrected chi connectivity index (χ0v) is 10.3. The molecule has 0 aromatic carbocycles. The lowest BCUT2D eigenvalue weighted by molar-refractivity contribution is -0.164. The van der Waals surface area contributed by atoms with Gasteiger partial charge in [0.25, 0.3) is 0 Å². The molecule has 0 saturated heterocycles. The molecule has 0 saturated carbocycles. The van der Waals surface area contributed by atoms with Gasteiger partial charge in [-0.3, -0.25) is 9.59 Å². The summed E-state index contributed by atoms with van der Waals surface area (Å²) in [6.45, 7) is 6.76. The molecule has 0 aliphatic heterocycles. The summed E-state index contributed by atoms with van der Waals surface area (Å²) in [4.78, 5) is 23.0. The van der Waals surface area contributed by atoms with E-state index in [0.29, 0.717) is 0 Å². The average Bonchev–Trinajstić information content (AvgIpc) is 2.13. The Balaban J connectivity index is 4.62. The highest BCUT2D eigenvalue weighted by atomic mass is 16.6. The van der Waals surface area contributed by atoms with Crippen molar-refractivity contribution in [3.8, 4) is 0 Å². The predicted molar refractivity (Wildman–Crippen MR) is 57.7 cm³/mol. The highest BCUT2D eigenvalue weighted by Gasteiger charge is 2.34. The van der Waals surface area contributed by atoms with E-state index < -0.39 is 23.5 Å². The van der Waals surface area contributed by atoms with E-state index in [2.05, 4.69) is 0 Å². The van der Waals surface area contributed by atoms with E-state index in [4.69, 9.17) is 9.47 Å². The molecule has 0 rings (SSSR count). The van der Waals surface area contributed by atoms with Crippen LogP contribution in [-0.2, 0) is 19.1 Å². The highest BCUT2D eigenvalue weighted by molar-refractivity contribution is 5.95. The van der Waals surface area contributed by atoms with Crippen molar-refractivity contribution < 1.29 is 24.2 Å². The second-order valence-electron chi connectivity index (χ2n) is 4.07. The molecule has 0 spiro atoms. The van der Waals surface area contributed by atoms with Crippen LogP contribution in [0.2, 0.25) is 0 Å². The minimum absolute atomic E-state index is 0.00926. The molecule has 5 heteroatoms. The molecule has 0 bridgehead atoms. The lowest BCUT2D eigenvalue weighted by Gasteiger charge is -2.22. The fourth-order valence-electron chi connectivity index (χ4n) is 1.25. The van der Waals surface area contributed by atoms with Crippen LogP contribution in [-0.4, -0.2) is 35.9 Å². The Labute approximate surface area is 95.7 Å². The van der Waals surface area contributed by atoms with E-state index in [0.717, 1.165) is 0 Å². The number of rotatable bonds is 6. The van der Waals surface area contributed by atoms with Gasteiger partial charge in [-0.2, -0.15) is 0 Å². The third-order valence-corrected chi connectivity index (χ3v) is 1.85. The number of carbonyl (C=O) groups is 2. The highest BCUT2D eigenvalue weighted by Crippen LogP contribution is 2.19. The Morgan fingerprint density at radius 2 is 1.50 bits per heavy atom. The number of hydrogen-bond donors (Lipinski definition) is 1. The Bertz CT molecular complexity index is 223. The van der Waals surface area contributed by atoms with Crippen LogP contribution >= 0.6 is 0 Å². The van der Waals surface area contributed by atoms with Gasteiger partial charge in [0.05, 0.1) is 18.8 Å². The first kappa shape index (κ1) is 14.9. The summed E-state index contributed by atoms with van der Waals surface area (Å²) in [6.07, 6.45) is -0.00926. The van der Waals surface area contributed by atoms with Gasteiger partial charge in [-0.25, -0.2) is 0 Å². The van der Waals surface area contributed by atoms with Crippen LogP contribution in [0.25, 0.3) is 0 Å². The van der Waals surface area contributed by atoms with E-state index in [1.54, 1.807) is 13.8 Å². The van der Waals surface area contributed by atoms with Crippen LogP contribution in [0.1, 0.15) is 34.1 Å². The summed E-state index contributed by atoms with van der Waals surface area (Å²) in [7, 11) is 0. The summed E-state index contributed by atoms with van der Waals surface area (Å²) < 4.78 is 9.53. The maximum absolute atomic E-state index is 11.5. The molecule has 0 aromatic heterocycles. The van der Waals surface area contributed by atoms with Crippen LogP contribution in [0.3, 0.4) is 0 Å². The van der Waals surface area contributed by atoms with Crippen LogP contribution < -0.4 is 0 Å². The maximum atomic E-state index is 11.5. The first-order valence-corrected chi connectivity index (χ1v) is 5.37. The Morgan fingerprint density at radius 3 is 1.75 bits per heavy atom. The molecule has 0 heterocycles. The van der Waals surface area contributed by atoms with E-state index in [1.165, 1.54) is 13.8 Å². The van der Waals surface area contributed by atoms with Gasteiger partial charge in [0, 0.05) is 0 Å². The summed E-state index contributed by atoms with van der Waals surface area (Å²) >= 11 is 0. The van der Waals surface area contributed by atoms with Gasteiger partial charge < -0.3 is 14.6 Å². The molecule has 0 amide bonds. The molecule has 0 atom stereocenters. The van der Waals surface area contributed by atoms with Crippen molar-refractivity contribution >= 4 is 11.9 Å². The van der Waals surface area contributed by atoms with Crippen molar-refractivity contribution in [2.24, 2.45) is 5.92 Å². The van der Waals surface area contributed by atoms with Crippen molar-refractivity contribution in [2.45, 2.75) is 39.7 Å². The van der Waals surface area contributed by atoms with Crippen molar-refractivity contribution in [3.63, 3.8) is 0 Å². The second-order valence-corrected chi connectivity index (χ2v) is 4.07. The van der Waals surface area contributed by atoms with Crippen molar-refractivity contribution in [3.05, 3.63) is 0 Å². The number of aliphatic hydroxyl groups is 1. The number of esters is 2. The SMILES string of the molecule is CCOC(=O)C(CC(C)(C)O)C(=O)OCC. The maximum Gasteiger partial charge on any atom is 0.320 e. The molecule has 0 unspecified atom stereocenters. The zero-order chi connectivity index (χ0) is 12.8. The summed E-state index contributed by atoms with van der Waals surface area (Å²) in [5, 5.41) is 9.61. The normalized spacial score (nSPS) is 11.4. The van der Waals surface area contributed by atoms with Gasteiger partial charge in [-0.1, -0.05) is 0 Å². The minimum Gasteiger partial charge on any atom is -0.465 e. The molecule has 16 heavy (non-hydrogen) atoms. The molecule has 5 nitrogen and oxygen atoms in total. The largest absolute Gasteiger partial charge is 0.465 e. The van der Waals surface area contributed by atoms with E-state index in [-0.39, 0.29) is 19.6 Å². The van der Waals surface area contributed by atoms with Gasteiger partial charge in [0.15, 0.2) is 5.92 Å². The lowest BCUT2D eigenvalue weighted by Crippen LogP contribution is -2.35. The summed E-state index contributed by atoms with van der Waals surface area (Å²) in [5.41, 5.74) is -1.12. The zero-order valence-electron chi connectivity index (χ0n) is 10.3. The van der Waals surface area contributed by atoms with Gasteiger partial charge in [0.1, 0.15) is 0 Å². The van der Waals surface area contributed by atoms with E-state index in [1.807, 2.05) is 0 Å². The van der Waals surface area contributed by atoms with Crippen LogP contribution in [0, 0.1) is 5.92 Å². The molecule has 0 aromatic rings. The molecule has 1 N–H and O–H groups in total. The number of hydrogen-bond acceptors (Lipinski definition) is 5. The average molecular weight is 232 g/mol. The molecule has 0 aliphatic carbocycles. The Morgan fingerprint density at radius 1 is 1.12 bits per heavy atom. The molecule has 0 aliphatic rings. The topological polar surface area (TPSA) is 72.8 Å². The fourth-order valence-corrected chi connectivity index (χ4v) is 1.25. The predicted octanol–water partition coefficient (Wildman–Crippen LogP) is 0.890. The van der Waals surface area contributed by atoms with Crippen LogP contribution in [0.15, 0.2) is 0 Å². The Kier molecular flexibility index (Phi) is 6.03. The monoisotopic (exact) mass is 232 g/mol. The molecule has 0 radical (unpaired) electrons. The molecule has 0 fully saturated rings. The fraction of sp³-hybridized carbons (Fsp3) is 0.818. The standard InChI is InChI=1S/C11H20O5/c1-5-15-9(12)8(7-11(3,4)14)10(13)16-6-2/h8,14H,5-7H2,1-4H3.